The zero-order chi connectivity index (χ0) is 21.6. The Morgan fingerprint density at radius 1 is 1.17 bits per heavy atom. The van der Waals surface area contributed by atoms with Crippen LogP contribution in [0.1, 0.15) is 46.6 Å². The van der Waals surface area contributed by atoms with Crippen LogP contribution in [0, 0.1) is 0 Å². The molecule has 1 aliphatic rings. The summed E-state index contributed by atoms with van der Waals surface area (Å²) in [6, 6.07) is 9.91. The molecule has 30 heavy (non-hydrogen) atoms. The van der Waals surface area contributed by atoms with Crippen molar-refractivity contribution in [3.8, 4) is 0 Å². The number of hydrogen-bond acceptors (Lipinski definition) is 4. The number of benzene rings is 1. The molecule has 0 saturated heterocycles. The van der Waals surface area contributed by atoms with E-state index in [4.69, 9.17) is 0 Å². The van der Waals surface area contributed by atoms with Gasteiger partial charge in [0, 0.05) is 20.6 Å². The van der Waals surface area contributed by atoms with Crippen LogP contribution in [0.4, 0.5) is 19.1 Å². The summed E-state index contributed by atoms with van der Waals surface area (Å²) >= 11 is 0. The highest BCUT2D eigenvalue weighted by atomic mass is 19.4. The summed E-state index contributed by atoms with van der Waals surface area (Å²) in [5, 5.41) is 7.90. The van der Waals surface area contributed by atoms with Crippen LogP contribution in [0.25, 0.3) is 5.65 Å². The minimum atomic E-state index is -4.61. The van der Waals surface area contributed by atoms with Gasteiger partial charge in [0.25, 0.3) is 5.91 Å². The molecule has 0 fully saturated rings. The van der Waals surface area contributed by atoms with Crippen LogP contribution in [-0.2, 0) is 12.6 Å². The normalized spacial score (nSPS) is 16.0. The molecule has 3 aromatic rings. The molecule has 1 aromatic carbocycles. The van der Waals surface area contributed by atoms with Gasteiger partial charge in [0.05, 0.1) is 11.6 Å². The van der Waals surface area contributed by atoms with E-state index in [0.717, 1.165) is 28.9 Å². The third-order valence-corrected chi connectivity index (χ3v) is 5.76. The van der Waals surface area contributed by atoms with E-state index in [-0.39, 0.29) is 29.1 Å². The van der Waals surface area contributed by atoms with Crippen molar-refractivity contribution >= 4 is 17.5 Å². The maximum absolute atomic E-state index is 13.7. The highest BCUT2D eigenvalue weighted by Gasteiger charge is 2.37. The van der Waals surface area contributed by atoms with E-state index in [1.807, 2.05) is 24.3 Å². The number of pyridine rings is 1. The molecule has 6 nitrogen and oxygen atoms in total. The standard InChI is InChI=1S/C21H22F3N5O/c1-4-27(2)20-26-25-18-15(10-12-17(29(18)20)21(22,23)24)19(30)28(3)16-11-9-13-7-5-6-8-14(13)16/h5-8,10,12,16H,4,9,11H2,1-3H3. The Labute approximate surface area is 171 Å². The van der Waals surface area contributed by atoms with Gasteiger partial charge in [-0.3, -0.25) is 9.20 Å². The summed E-state index contributed by atoms with van der Waals surface area (Å²) in [6.45, 7) is 2.24. The molecule has 1 unspecified atom stereocenters. The van der Waals surface area contributed by atoms with Crippen LogP contribution in [0.15, 0.2) is 36.4 Å². The Kier molecular flexibility index (Phi) is 4.91. The topological polar surface area (TPSA) is 53.7 Å². The van der Waals surface area contributed by atoms with Crippen molar-refractivity contribution in [3.05, 3.63) is 58.8 Å². The van der Waals surface area contributed by atoms with E-state index < -0.39 is 11.9 Å². The highest BCUT2D eigenvalue weighted by molar-refractivity contribution is 6.00. The fourth-order valence-corrected chi connectivity index (χ4v) is 4.03. The van der Waals surface area contributed by atoms with Gasteiger partial charge in [-0.2, -0.15) is 13.2 Å². The predicted octanol–water partition coefficient (Wildman–Crippen LogP) is 3.96. The molecule has 1 amide bonds. The Bertz CT molecular complexity index is 1110. The van der Waals surface area contributed by atoms with Crippen LogP contribution < -0.4 is 4.90 Å². The van der Waals surface area contributed by atoms with Crippen molar-refractivity contribution in [2.45, 2.75) is 32.0 Å². The fourth-order valence-electron chi connectivity index (χ4n) is 4.03. The first-order chi connectivity index (χ1) is 14.2. The number of nitrogens with zero attached hydrogens (tertiary/aromatic N) is 5. The molecule has 0 radical (unpaired) electrons. The molecule has 2 aromatic heterocycles. The van der Waals surface area contributed by atoms with Crippen molar-refractivity contribution in [3.63, 3.8) is 0 Å². The summed E-state index contributed by atoms with van der Waals surface area (Å²) in [4.78, 5) is 16.5. The summed E-state index contributed by atoms with van der Waals surface area (Å²) in [5.74, 6) is -0.336. The molecule has 0 saturated carbocycles. The molecular weight excluding hydrogens is 395 g/mol. The Hall–Kier alpha value is -3.10. The Balaban J connectivity index is 1.80. The molecule has 2 heterocycles. The molecule has 0 bridgehead atoms. The van der Waals surface area contributed by atoms with Crippen LogP contribution in [0.5, 0.6) is 0 Å². The number of anilines is 1. The van der Waals surface area contributed by atoms with Gasteiger partial charge in [-0.05, 0) is 43.0 Å². The SMILES string of the molecule is CCN(C)c1nnc2c(C(=O)N(C)C3CCc4ccccc43)ccc(C(F)(F)F)n12. The molecule has 0 N–H and O–H groups in total. The van der Waals surface area contributed by atoms with Crippen molar-refractivity contribution < 1.29 is 18.0 Å². The highest BCUT2D eigenvalue weighted by Crippen LogP contribution is 2.37. The van der Waals surface area contributed by atoms with Crippen molar-refractivity contribution in [1.82, 2.24) is 19.5 Å². The van der Waals surface area contributed by atoms with Crippen molar-refractivity contribution in [2.24, 2.45) is 0 Å². The number of amides is 1. The third-order valence-electron chi connectivity index (χ3n) is 5.76. The zero-order valence-corrected chi connectivity index (χ0v) is 16.9. The zero-order valence-electron chi connectivity index (χ0n) is 16.9. The van der Waals surface area contributed by atoms with E-state index in [1.165, 1.54) is 11.6 Å². The molecule has 158 valence electrons. The summed E-state index contributed by atoms with van der Waals surface area (Å²) < 4.78 is 41.9. The predicted molar refractivity (Wildman–Crippen MR) is 107 cm³/mol. The lowest BCUT2D eigenvalue weighted by molar-refractivity contribution is -0.141. The minimum Gasteiger partial charge on any atom is -0.344 e. The van der Waals surface area contributed by atoms with Crippen LogP contribution >= 0.6 is 0 Å². The Morgan fingerprint density at radius 2 is 1.90 bits per heavy atom. The third kappa shape index (κ3) is 3.18. The number of carbonyl (C=O) groups excluding carboxylic acids is 1. The Morgan fingerprint density at radius 3 is 2.60 bits per heavy atom. The summed E-state index contributed by atoms with van der Waals surface area (Å²) in [6.07, 6.45) is -2.98. The van der Waals surface area contributed by atoms with Crippen LogP contribution in [0.3, 0.4) is 0 Å². The maximum Gasteiger partial charge on any atom is 0.431 e. The molecule has 0 spiro atoms. The van der Waals surface area contributed by atoms with Crippen LogP contribution in [-0.4, -0.2) is 46.0 Å². The fraction of sp³-hybridized carbons (Fsp3) is 0.381. The largest absolute Gasteiger partial charge is 0.431 e. The molecule has 9 heteroatoms. The minimum absolute atomic E-state index is 0.0448. The number of aromatic nitrogens is 3. The lowest BCUT2D eigenvalue weighted by Crippen LogP contribution is -2.31. The number of rotatable bonds is 4. The number of halogens is 3. The van der Waals surface area contributed by atoms with E-state index in [2.05, 4.69) is 10.2 Å². The van der Waals surface area contributed by atoms with Gasteiger partial charge in [0.15, 0.2) is 5.65 Å². The van der Waals surface area contributed by atoms with Gasteiger partial charge in [-0.15, -0.1) is 10.2 Å². The monoisotopic (exact) mass is 417 g/mol. The van der Waals surface area contributed by atoms with Crippen LogP contribution in [0.2, 0.25) is 0 Å². The number of fused-ring (bicyclic) bond motifs is 2. The molecule has 1 atom stereocenters. The van der Waals surface area contributed by atoms with E-state index in [1.54, 1.807) is 30.8 Å². The second-order valence-corrected chi connectivity index (χ2v) is 7.47. The molecule has 4 rings (SSSR count). The van der Waals surface area contributed by atoms with Crippen molar-refractivity contribution in [1.29, 1.82) is 0 Å². The van der Waals surface area contributed by atoms with Gasteiger partial charge >= 0.3 is 6.18 Å². The van der Waals surface area contributed by atoms with Gasteiger partial charge in [0.1, 0.15) is 5.69 Å². The van der Waals surface area contributed by atoms with Gasteiger partial charge in [0.2, 0.25) is 5.95 Å². The quantitative estimate of drug-likeness (QED) is 0.645. The number of hydrogen-bond donors (Lipinski definition) is 0. The first kappa shape index (κ1) is 20.2. The summed E-state index contributed by atoms with van der Waals surface area (Å²) in [5.41, 5.74) is 1.35. The first-order valence-corrected chi connectivity index (χ1v) is 9.75. The second kappa shape index (κ2) is 7.30. The summed E-state index contributed by atoms with van der Waals surface area (Å²) in [7, 11) is 3.31. The van der Waals surface area contributed by atoms with Gasteiger partial charge < -0.3 is 9.80 Å². The number of alkyl halides is 3. The average molecular weight is 417 g/mol. The van der Waals surface area contributed by atoms with Crippen molar-refractivity contribution in [2.75, 3.05) is 25.5 Å². The first-order valence-electron chi connectivity index (χ1n) is 9.75. The van der Waals surface area contributed by atoms with E-state index in [9.17, 15) is 18.0 Å². The smallest absolute Gasteiger partial charge is 0.344 e. The van der Waals surface area contributed by atoms with E-state index in [0.29, 0.717) is 6.54 Å². The number of aryl methyl sites for hydroxylation is 1. The number of carbonyl (C=O) groups is 1. The lowest BCUT2D eigenvalue weighted by atomic mass is 10.1. The maximum atomic E-state index is 13.7. The van der Waals surface area contributed by atoms with Gasteiger partial charge in [-0.1, -0.05) is 24.3 Å². The second-order valence-electron chi connectivity index (χ2n) is 7.47. The molecule has 1 aliphatic carbocycles. The average Bonchev–Trinajstić information content (AvgIpc) is 3.35. The van der Waals surface area contributed by atoms with Gasteiger partial charge in [-0.25, -0.2) is 0 Å². The van der Waals surface area contributed by atoms with E-state index >= 15 is 0 Å². The molecule has 0 aliphatic heterocycles. The lowest BCUT2D eigenvalue weighted by Gasteiger charge is -2.26. The molecular formula is C21H22F3N5O.